The molecule has 0 bridgehead atoms. The highest BCUT2D eigenvalue weighted by molar-refractivity contribution is 5.85. The molecule has 2 heterocycles. The molecule has 0 saturated carbocycles. The molecule has 0 amide bonds. The van der Waals surface area contributed by atoms with Crippen LogP contribution in [0.2, 0.25) is 0 Å². The van der Waals surface area contributed by atoms with Crippen LogP contribution in [0, 0.1) is 5.82 Å². The van der Waals surface area contributed by atoms with Gasteiger partial charge in [0, 0.05) is 24.3 Å². The zero-order valence-corrected chi connectivity index (χ0v) is 15.9. The summed E-state index contributed by atoms with van der Waals surface area (Å²) in [6, 6.07) is 12.3. The van der Waals surface area contributed by atoms with Crippen LogP contribution in [-0.2, 0) is 12.8 Å². The molecule has 27 heavy (non-hydrogen) atoms. The van der Waals surface area contributed by atoms with Gasteiger partial charge >= 0.3 is 0 Å². The lowest BCUT2D eigenvalue weighted by Crippen LogP contribution is -2.32. The summed E-state index contributed by atoms with van der Waals surface area (Å²) in [5.74, 6) is 0.930. The van der Waals surface area contributed by atoms with Crippen molar-refractivity contribution in [2.24, 2.45) is 0 Å². The number of nitrogens with zero attached hydrogens (tertiary/aromatic N) is 3. The van der Waals surface area contributed by atoms with E-state index in [-0.39, 0.29) is 24.3 Å². The van der Waals surface area contributed by atoms with E-state index in [4.69, 9.17) is 10.3 Å². The number of aromatic nitrogens is 2. The number of hydrogen-bond donors (Lipinski definition) is 1. The van der Waals surface area contributed by atoms with Crippen molar-refractivity contribution in [3.63, 3.8) is 0 Å². The number of fused-ring (bicyclic) bond motifs is 1. The molecule has 1 atom stereocenters. The van der Waals surface area contributed by atoms with Crippen molar-refractivity contribution in [2.45, 2.75) is 32.2 Å². The SMILES string of the molecule is CC(c1nc(Cc2ccc(F)cc2)no1)N1CCCc2c(N)cccc21.Cl. The molecule has 0 radical (unpaired) electrons. The lowest BCUT2D eigenvalue weighted by molar-refractivity contribution is 0.349. The Labute approximate surface area is 163 Å². The smallest absolute Gasteiger partial charge is 0.249 e. The van der Waals surface area contributed by atoms with Gasteiger partial charge in [-0.05, 0) is 55.2 Å². The third-order valence-corrected chi connectivity index (χ3v) is 4.91. The Morgan fingerprint density at radius 2 is 2.00 bits per heavy atom. The first-order valence-electron chi connectivity index (χ1n) is 8.83. The van der Waals surface area contributed by atoms with Crippen molar-refractivity contribution in [2.75, 3.05) is 17.2 Å². The van der Waals surface area contributed by atoms with Crippen molar-refractivity contribution < 1.29 is 8.91 Å². The predicted octanol–water partition coefficient (Wildman–Crippen LogP) is 4.32. The Bertz CT molecular complexity index is 913. The van der Waals surface area contributed by atoms with Gasteiger partial charge in [0.25, 0.3) is 0 Å². The fourth-order valence-electron chi connectivity index (χ4n) is 3.51. The molecule has 7 heteroatoms. The normalized spacial score (nSPS) is 14.4. The molecule has 2 aromatic carbocycles. The largest absolute Gasteiger partial charge is 0.398 e. The average molecular weight is 389 g/mol. The zero-order valence-electron chi connectivity index (χ0n) is 15.1. The summed E-state index contributed by atoms with van der Waals surface area (Å²) in [5.41, 5.74) is 10.3. The molecule has 1 unspecified atom stereocenters. The van der Waals surface area contributed by atoms with Crippen LogP contribution >= 0.6 is 12.4 Å². The molecule has 142 valence electrons. The fourth-order valence-corrected chi connectivity index (χ4v) is 3.51. The monoisotopic (exact) mass is 388 g/mol. The second-order valence-electron chi connectivity index (χ2n) is 6.67. The van der Waals surface area contributed by atoms with Crippen LogP contribution in [-0.4, -0.2) is 16.7 Å². The number of rotatable bonds is 4. The Balaban J connectivity index is 0.00000210. The Morgan fingerprint density at radius 1 is 1.22 bits per heavy atom. The molecule has 0 fully saturated rings. The molecule has 0 saturated heterocycles. The summed E-state index contributed by atoms with van der Waals surface area (Å²) in [4.78, 5) is 6.82. The highest BCUT2D eigenvalue weighted by Crippen LogP contribution is 2.36. The molecule has 1 aliphatic heterocycles. The first-order chi connectivity index (χ1) is 12.6. The van der Waals surface area contributed by atoms with Crippen LogP contribution in [0.3, 0.4) is 0 Å². The van der Waals surface area contributed by atoms with Crippen LogP contribution < -0.4 is 10.6 Å². The van der Waals surface area contributed by atoms with Crippen LogP contribution in [0.25, 0.3) is 0 Å². The maximum atomic E-state index is 13.0. The predicted molar refractivity (Wildman–Crippen MR) is 106 cm³/mol. The molecule has 2 N–H and O–H groups in total. The molecule has 5 nitrogen and oxygen atoms in total. The fraction of sp³-hybridized carbons (Fsp3) is 0.300. The van der Waals surface area contributed by atoms with Gasteiger partial charge in [0.05, 0.1) is 0 Å². The van der Waals surface area contributed by atoms with Gasteiger partial charge < -0.3 is 15.2 Å². The van der Waals surface area contributed by atoms with Gasteiger partial charge in [0.1, 0.15) is 11.9 Å². The van der Waals surface area contributed by atoms with Gasteiger partial charge in [-0.3, -0.25) is 0 Å². The van der Waals surface area contributed by atoms with Gasteiger partial charge in [-0.1, -0.05) is 23.4 Å². The van der Waals surface area contributed by atoms with E-state index in [2.05, 4.69) is 28.0 Å². The number of nitrogens with two attached hydrogens (primary N) is 1. The first-order valence-corrected chi connectivity index (χ1v) is 8.83. The number of hydrogen-bond acceptors (Lipinski definition) is 5. The minimum atomic E-state index is -0.251. The van der Waals surface area contributed by atoms with Gasteiger partial charge in [-0.15, -0.1) is 12.4 Å². The molecule has 1 aliphatic rings. The molecule has 0 spiro atoms. The molecule has 3 aromatic rings. The summed E-state index contributed by atoms with van der Waals surface area (Å²) >= 11 is 0. The van der Waals surface area contributed by atoms with Crippen molar-refractivity contribution >= 4 is 23.8 Å². The van der Waals surface area contributed by atoms with E-state index < -0.39 is 0 Å². The van der Waals surface area contributed by atoms with E-state index in [9.17, 15) is 4.39 Å². The first kappa shape index (κ1) is 19.2. The van der Waals surface area contributed by atoms with Crippen molar-refractivity contribution in [1.29, 1.82) is 0 Å². The number of nitrogen functional groups attached to an aromatic ring is 1. The van der Waals surface area contributed by atoms with E-state index in [1.54, 1.807) is 12.1 Å². The van der Waals surface area contributed by atoms with E-state index in [0.29, 0.717) is 18.1 Å². The Hall–Kier alpha value is -2.60. The van der Waals surface area contributed by atoms with Gasteiger partial charge in [-0.25, -0.2) is 4.39 Å². The van der Waals surface area contributed by atoms with E-state index in [1.165, 1.54) is 17.7 Å². The second-order valence-corrected chi connectivity index (χ2v) is 6.67. The van der Waals surface area contributed by atoms with Crippen LogP contribution in [0.15, 0.2) is 47.0 Å². The van der Waals surface area contributed by atoms with Crippen molar-refractivity contribution in [3.8, 4) is 0 Å². The van der Waals surface area contributed by atoms with E-state index in [0.717, 1.165) is 36.3 Å². The highest BCUT2D eigenvalue weighted by atomic mass is 35.5. The minimum Gasteiger partial charge on any atom is -0.398 e. The van der Waals surface area contributed by atoms with Crippen molar-refractivity contribution in [3.05, 3.63) is 71.1 Å². The summed E-state index contributed by atoms with van der Waals surface area (Å²) in [7, 11) is 0. The summed E-state index contributed by atoms with van der Waals surface area (Å²) < 4.78 is 18.5. The number of anilines is 2. The average Bonchev–Trinajstić information content (AvgIpc) is 3.11. The van der Waals surface area contributed by atoms with Crippen LogP contribution in [0.4, 0.5) is 15.8 Å². The van der Waals surface area contributed by atoms with Gasteiger partial charge in [0.2, 0.25) is 5.89 Å². The van der Waals surface area contributed by atoms with E-state index in [1.807, 2.05) is 12.1 Å². The third-order valence-electron chi connectivity index (χ3n) is 4.91. The highest BCUT2D eigenvalue weighted by Gasteiger charge is 2.27. The third kappa shape index (κ3) is 3.90. The van der Waals surface area contributed by atoms with Crippen molar-refractivity contribution in [1.82, 2.24) is 10.1 Å². The Kier molecular flexibility index (Phi) is 5.65. The van der Waals surface area contributed by atoms with Gasteiger partial charge in [-0.2, -0.15) is 4.98 Å². The lowest BCUT2D eigenvalue weighted by Gasteiger charge is -2.35. The van der Waals surface area contributed by atoms with Crippen LogP contribution in [0.1, 0.15) is 42.2 Å². The van der Waals surface area contributed by atoms with Gasteiger partial charge in [0.15, 0.2) is 5.82 Å². The summed E-state index contributed by atoms with van der Waals surface area (Å²) in [6.07, 6.45) is 2.55. The molecular formula is C20H22ClFN4O. The quantitative estimate of drug-likeness (QED) is 0.674. The van der Waals surface area contributed by atoms with Crippen LogP contribution in [0.5, 0.6) is 0 Å². The molecule has 0 aliphatic carbocycles. The summed E-state index contributed by atoms with van der Waals surface area (Å²) in [5, 5.41) is 4.09. The lowest BCUT2D eigenvalue weighted by atomic mass is 9.98. The second kappa shape index (κ2) is 7.96. The number of halogens is 2. The molecule has 1 aromatic heterocycles. The maximum absolute atomic E-state index is 13.0. The molecular weight excluding hydrogens is 367 g/mol. The topological polar surface area (TPSA) is 68.2 Å². The standard InChI is InChI=1S/C20H21FN4O.ClH/c1-13(25-11-3-4-16-17(22)5-2-6-18(16)25)20-23-19(24-26-20)12-14-7-9-15(21)10-8-14;/h2,5-10,13H,3-4,11-12,22H2,1H3;1H. The summed E-state index contributed by atoms with van der Waals surface area (Å²) in [6.45, 7) is 2.99. The Morgan fingerprint density at radius 3 is 2.78 bits per heavy atom. The zero-order chi connectivity index (χ0) is 18.1. The number of benzene rings is 2. The maximum Gasteiger partial charge on any atom is 0.249 e. The minimum absolute atomic E-state index is 0. The van der Waals surface area contributed by atoms with E-state index >= 15 is 0 Å². The molecule has 4 rings (SSSR count).